The lowest BCUT2D eigenvalue weighted by Gasteiger charge is -2.13. The molecular formula is C16H11ClN2O3S. The number of hydrogen-bond donors (Lipinski definition) is 1. The Morgan fingerprint density at radius 3 is 2.61 bits per heavy atom. The molecule has 5 nitrogen and oxygen atoms in total. The van der Waals surface area contributed by atoms with E-state index in [9.17, 15) is 9.59 Å². The van der Waals surface area contributed by atoms with Crippen LogP contribution in [0.2, 0.25) is 5.02 Å². The van der Waals surface area contributed by atoms with E-state index in [2.05, 4.69) is 4.98 Å². The zero-order valence-electron chi connectivity index (χ0n) is 11.8. The molecule has 0 aliphatic carbocycles. The summed E-state index contributed by atoms with van der Waals surface area (Å²) < 4.78 is 1.36. The van der Waals surface area contributed by atoms with Crippen LogP contribution in [0.15, 0.2) is 58.5 Å². The summed E-state index contributed by atoms with van der Waals surface area (Å²) >= 11 is 7.18. The molecule has 0 saturated carbocycles. The van der Waals surface area contributed by atoms with E-state index in [1.165, 1.54) is 4.57 Å². The fourth-order valence-electron chi connectivity index (χ4n) is 2.18. The molecule has 0 unspecified atom stereocenters. The Kier molecular flexibility index (Phi) is 4.36. The molecule has 23 heavy (non-hydrogen) atoms. The number of hydrogen-bond acceptors (Lipinski definition) is 4. The van der Waals surface area contributed by atoms with E-state index in [1.807, 2.05) is 0 Å². The number of carboxylic acid groups (broad SMARTS) is 1. The van der Waals surface area contributed by atoms with Gasteiger partial charge in [0.05, 0.1) is 27.4 Å². The molecule has 7 heteroatoms. The number of halogens is 1. The Bertz CT molecular complexity index is 955. The highest BCUT2D eigenvalue weighted by atomic mass is 35.5. The molecule has 0 fully saturated rings. The van der Waals surface area contributed by atoms with Crippen molar-refractivity contribution in [2.45, 2.75) is 5.16 Å². The highest BCUT2D eigenvalue weighted by Crippen LogP contribution is 2.25. The van der Waals surface area contributed by atoms with E-state index in [4.69, 9.17) is 16.7 Å². The number of fused-ring (bicyclic) bond motifs is 1. The standard InChI is InChI=1S/C16H11ClN2O3S/c17-11-6-2-4-8-13(11)19-15(22)10-5-1-3-7-12(10)18-16(19)23-9-14(20)21/h1-8H,9H2,(H,20,21). The molecule has 0 aliphatic rings. The average molecular weight is 347 g/mol. The highest BCUT2D eigenvalue weighted by molar-refractivity contribution is 7.99. The van der Waals surface area contributed by atoms with Gasteiger partial charge in [0.15, 0.2) is 5.16 Å². The Morgan fingerprint density at radius 2 is 1.87 bits per heavy atom. The minimum Gasteiger partial charge on any atom is -0.481 e. The van der Waals surface area contributed by atoms with Gasteiger partial charge in [-0.2, -0.15) is 0 Å². The van der Waals surface area contributed by atoms with Gasteiger partial charge in [-0.1, -0.05) is 47.6 Å². The summed E-state index contributed by atoms with van der Waals surface area (Å²) in [5.41, 5.74) is 0.718. The van der Waals surface area contributed by atoms with Crippen LogP contribution in [0.1, 0.15) is 0 Å². The van der Waals surface area contributed by atoms with Crippen LogP contribution >= 0.6 is 23.4 Å². The molecule has 3 aromatic rings. The van der Waals surface area contributed by atoms with Gasteiger partial charge in [-0.3, -0.25) is 14.2 Å². The van der Waals surface area contributed by atoms with Crippen LogP contribution in [0.25, 0.3) is 16.6 Å². The predicted octanol–water partition coefficient (Wildman–Crippen LogP) is 3.22. The van der Waals surface area contributed by atoms with Gasteiger partial charge >= 0.3 is 5.97 Å². The molecule has 1 aromatic heterocycles. The van der Waals surface area contributed by atoms with Gasteiger partial charge in [-0.05, 0) is 24.3 Å². The zero-order valence-corrected chi connectivity index (χ0v) is 13.3. The summed E-state index contributed by atoms with van der Waals surface area (Å²) in [5, 5.41) is 10.1. The molecule has 2 aromatic carbocycles. The number of carbonyl (C=O) groups is 1. The van der Waals surface area contributed by atoms with Gasteiger partial charge in [0.2, 0.25) is 0 Å². The van der Waals surface area contributed by atoms with Crippen molar-refractivity contribution in [3.8, 4) is 5.69 Å². The molecule has 3 rings (SSSR count). The first-order valence-corrected chi connectivity index (χ1v) is 8.05. The molecule has 116 valence electrons. The monoisotopic (exact) mass is 346 g/mol. The van der Waals surface area contributed by atoms with Gasteiger partial charge in [0.1, 0.15) is 0 Å². The lowest BCUT2D eigenvalue weighted by molar-refractivity contribution is -0.133. The number of benzene rings is 2. The van der Waals surface area contributed by atoms with Crippen LogP contribution in [-0.2, 0) is 4.79 Å². The van der Waals surface area contributed by atoms with E-state index >= 15 is 0 Å². The van der Waals surface area contributed by atoms with Crippen molar-refractivity contribution in [3.63, 3.8) is 0 Å². The van der Waals surface area contributed by atoms with Crippen LogP contribution in [0.4, 0.5) is 0 Å². The first kappa shape index (κ1) is 15.6. The fourth-order valence-corrected chi connectivity index (χ4v) is 3.13. The van der Waals surface area contributed by atoms with Crippen molar-refractivity contribution in [3.05, 3.63) is 63.9 Å². The Morgan fingerprint density at radius 1 is 1.17 bits per heavy atom. The van der Waals surface area contributed by atoms with Crippen molar-refractivity contribution >= 4 is 40.2 Å². The van der Waals surface area contributed by atoms with Gasteiger partial charge in [-0.25, -0.2) is 4.98 Å². The van der Waals surface area contributed by atoms with Crippen LogP contribution in [-0.4, -0.2) is 26.4 Å². The number of nitrogens with zero attached hydrogens (tertiary/aromatic N) is 2. The van der Waals surface area contributed by atoms with Crippen molar-refractivity contribution < 1.29 is 9.90 Å². The first-order valence-electron chi connectivity index (χ1n) is 6.69. The summed E-state index contributed by atoms with van der Waals surface area (Å²) in [4.78, 5) is 28.2. The van der Waals surface area contributed by atoms with E-state index < -0.39 is 5.97 Å². The van der Waals surface area contributed by atoms with Crippen LogP contribution in [0.5, 0.6) is 0 Å². The quantitative estimate of drug-likeness (QED) is 0.580. The van der Waals surface area contributed by atoms with E-state index in [0.717, 1.165) is 11.8 Å². The molecule has 1 N–H and O–H groups in total. The molecule has 1 heterocycles. The summed E-state index contributed by atoms with van der Waals surface area (Å²) in [5.74, 6) is -1.18. The second-order valence-electron chi connectivity index (χ2n) is 4.69. The number of aromatic nitrogens is 2. The minimum absolute atomic E-state index is 0.199. The van der Waals surface area contributed by atoms with Gasteiger partial charge < -0.3 is 5.11 Å². The second kappa shape index (κ2) is 6.44. The first-order chi connectivity index (χ1) is 11.1. The summed E-state index contributed by atoms with van der Waals surface area (Å²) in [6, 6.07) is 13.8. The summed E-state index contributed by atoms with van der Waals surface area (Å²) in [6.45, 7) is 0. The summed E-state index contributed by atoms with van der Waals surface area (Å²) in [6.07, 6.45) is 0. The SMILES string of the molecule is O=C(O)CSc1nc2ccccc2c(=O)n1-c1ccccc1Cl. The lowest BCUT2D eigenvalue weighted by Crippen LogP contribution is -2.22. The normalized spacial score (nSPS) is 10.8. The molecule has 0 spiro atoms. The van der Waals surface area contributed by atoms with Crippen molar-refractivity contribution in [2.24, 2.45) is 0 Å². The zero-order chi connectivity index (χ0) is 16.4. The van der Waals surface area contributed by atoms with Crippen LogP contribution in [0, 0.1) is 0 Å². The third-order valence-corrected chi connectivity index (χ3v) is 4.41. The Labute approximate surface area is 140 Å². The maximum absolute atomic E-state index is 12.9. The van der Waals surface area contributed by atoms with E-state index in [1.54, 1.807) is 48.5 Å². The highest BCUT2D eigenvalue weighted by Gasteiger charge is 2.15. The molecule has 0 bridgehead atoms. The maximum Gasteiger partial charge on any atom is 0.313 e. The topological polar surface area (TPSA) is 72.2 Å². The fraction of sp³-hybridized carbons (Fsp3) is 0.0625. The number of aliphatic carboxylic acids is 1. The molecule has 0 atom stereocenters. The lowest BCUT2D eigenvalue weighted by atomic mass is 10.2. The third kappa shape index (κ3) is 3.09. The largest absolute Gasteiger partial charge is 0.481 e. The average Bonchev–Trinajstić information content (AvgIpc) is 2.54. The maximum atomic E-state index is 12.9. The van der Waals surface area contributed by atoms with Crippen molar-refractivity contribution in [2.75, 3.05) is 5.75 Å². The predicted molar refractivity (Wildman–Crippen MR) is 90.7 cm³/mol. The van der Waals surface area contributed by atoms with E-state index in [-0.39, 0.29) is 11.3 Å². The van der Waals surface area contributed by atoms with Crippen LogP contribution < -0.4 is 5.56 Å². The number of para-hydroxylation sites is 2. The van der Waals surface area contributed by atoms with Crippen molar-refractivity contribution in [1.82, 2.24) is 9.55 Å². The second-order valence-corrected chi connectivity index (χ2v) is 6.04. The van der Waals surface area contributed by atoms with Gasteiger partial charge in [0, 0.05) is 0 Å². The van der Waals surface area contributed by atoms with Gasteiger partial charge in [0.25, 0.3) is 5.56 Å². The molecule has 0 saturated heterocycles. The smallest absolute Gasteiger partial charge is 0.313 e. The Hall–Kier alpha value is -2.31. The minimum atomic E-state index is -0.983. The third-order valence-electron chi connectivity index (χ3n) is 3.16. The molecular weight excluding hydrogens is 336 g/mol. The van der Waals surface area contributed by atoms with Gasteiger partial charge in [-0.15, -0.1) is 0 Å². The number of carboxylic acids is 1. The van der Waals surface area contributed by atoms with E-state index in [0.29, 0.717) is 26.8 Å². The number of rotatable bonds is 4. The molecule has 0 radical (unpaired) electrons. The summed E-state index contributed by atoms with van der Waals surface area (Å²) in [7, 11) is 0. The Balaban J connectivity index is 2.30. The number of thioether (sulfide) groups is 1. The molecule has 0 amide bonds. The molecule has 0 aliphatic heterocycles. The van der Waals surface area contributed by atoms with Crippen LogP contribution in [0.3, 0.4) is 0 Å². The van der Waals surface area contributed by atoms with Crippen molar-refractivity contribution in [1.29, 1.82) is 0 Å².